The van der Waals surface area contributed by atoms with E-state index in [1.807, 2.05) is 0 Å². The highest BCUT2D eigenvalue weighted by atomic mass is 16.5. The van der Waals surface area contributed by atoms with Gasteiger partial charge < -0.3 is 15.0 Å². The Morgan fingerprint density at radius 2 is 1.80 bits per heavy atom. The summed E-state index contributed by atoms with van der Waals surface area (Å²) in [6.45, 7) is 4.66. The Morgan fingerprint density at radius 3 is 2.40 bits per heavy atom. The fourth-order valence-corrected chi connectivity index (χ4v) is 1.65. The van der Waals surface area contributed by atoms with Gasteiger partial charge in [-0.25, -0.2) is 0 Å². The predicted molar refractivity (Wildman–Crippen MR) is 76.0 cm³/mol. The van der Waals surface area contributed by atoms with Crippen molar-refractivity contribution in [1.82, 2.24) is 10.2 Å². The Bertz CT molecular complexity index is 318. The van der Waals surface area contributed by atoms with Crippen molar-refractivity contribution in [2.24, 2.45) is 0 Å². The lowest BCUT2D eigenvalue weighted by atomic mass is 10.2. The molecule has 0 aromatic carbocycles. The average molecular weight is 286 g/mol. The van der Waals surface area contributed by atoms with Crippen LogP contribution in [0.2, 0.25) is 0 Å². The molecule has 0 saturated carbocycles. The largest absolute Gasteiger partial charge is 0.466 e. The van der Waals surface area contributed by atoms with Crippen molar-refractivity contribution in [3.8, 4) is 0 Å². The van der Waals surface area contributed by atoms with E-state index in [0.717, 1.165) is 19.3 Å². The Labute approximate surface area is 120 Å². The fraction of sp³-hybridized carbons (Fsp3) is 0.786. The van der Waals surface area contributed by atoms with Gasteiger partial charge in [0.25, 0.3) is 0 Å². The number of hydrogen-bond donors (Lipinski definition) is 1. The van der Waals surface area contributed by atoms with E-state index in [9.17, 15) is 14.4 Å². The number of esters is 1. The zero-order valence-corrected chi connectivity index (χ0v) is 12.7. The first-order valence-electron chi connectivity index (χ1n) is 7.11. The standard InChI is InChI=1S/C14H26N2O4/c1-4-20-14(19)9-11-16(3)13(18)8-6-5-7-10-15-12(2)17/h4-11H2,1-3H3,(H,15,17). The van der Waals surface area contributed by atoms with E-state index in [1.54, 1.807) is 18.9 Å². The van der Waals surface area contributed by atoms with Crippen LogP contribution in [0.5, 0.6) is 0 Å². The molecule has 6 nitrogen and oxygen atoms in total. The van der Waals surface area contributed by atoms with E-state index >= 15 is 0 Å². The Balaban J connectivity index is 3.60. The van der Waals surface area contributed by atoms with Gasteiger partial charge in [0.05, 0.1) is 13.0 Å². The molecule has 0 saturated heterocycles. The molecule has 0 aliphatic heterocycles. The molecule has 0 unspecified atom stereocenters. The molecule has 0 aromatic rings. The van der Waals surface area contributed by atoms with Crippen LogP contribution in [0, 0.1) is 0 Å². The molecule has 0 atom stereocenters. The Morgan fingerprint density at radius 1 is 1.10 bits per heavy atom. The summed E-state index contributed by atoms with van der Waals surface area (Å²) in [5.41, 5.74) is 0. The van der Waals surface area contributed by atoms with E-state index < -0.39 is 0 Å². The molecule has 0 rings (SSSR count). The maximum atomic E-state index is 11.8. The third-order valence-corrected chi connectivity index (χ3v) is 2.82. The Hall–Kier alpha value is -1.59. The van der Waals surface area contributed by atoms with Crippen LogP contribution in [-0.2, 0) is 19.1 Å². The zero-order valence-electron chi connectivity index (χ0n) is 12.7. The van der Waals surface area contributed by atoms with E-state index in [2.05, 4.69) is 5.32 Å². The molecule has 0 fully saturated rings. The van der Waals surface area contributed by atoms with Crippen molar-refractivity contribution in [2.45, 2.75) is 46.0 Å². The zero-order chi connectivity index (χ0) is 15.4. The van der Waals surface area contributed by atoms with Crippen LogP contribution in [-0.4, -0.2) is 49.4 Å². The highest BCUT2D eigenvalue weighted by Crippen LogP contribution is 2.03. The van der Waals surface area contributed by atoms with Crippen molar-refractivity contribution in [3.63, 3.8) is 0 Å². The smallest absolute Gasteiger partial charge is 0.307 e. The molecule has 2 amide bonds. The molecule has 0 bridgehead atoms. The van der Waals surface area contributed by atoms with Crippen molar-refractivity contribution in [1.29, 1.82) is 0 Å². The Kier molecular flexibility index (Phi) is 10.4. The summed E-state index contributed by atoms with van der Waals surface area (Å²) in [6, 6.07) is 0. The number of hydrogen-bond acceptors (Lipinski definition) is 4. The van der Waals surface area contributed by atoms with Gasteiger partial charge in [-0.3, -0.25) is 14.4 Å². The molecular weight excluding hydrogens is 260 g/mol. The second kappa shape index (κ2) is 11.3. The summed E-state index contributed by atoms with van der Waals surface area (Å²) in [5.74, 6) is -0.268. The van der Waals surface area contributed by atoms with E-state index in [4.69, 9.17) is 4.74 Å². The molecular formula is C14H26N2O4. The van der Waals surface area contributed by atoms with E-state index in [0.29, 0.717) is 26.1 Å². The van der Waals surface area contributed by atoms with Crippen molar-refractivity contribution < 1.29 is 19.1 Å². The first kappa shape index (κ1) is 18.4. The SMILES string of the molecule is CCOC(=O)CCN(C)C(=O)CCCCCNC(C)=O. The number of ether oxygens (including phenoxy) is 1. The van der Waals surface area contributed by atoms with E-state index in [-0.39, 0.29) is 24.2 Å². The number of nitrogens with zero attached hydrogens (tertiary/aromatic N) is 1. The lowest BCUT2D eigenvalue weighted by molar-refractivity contribution is -0.143. The van der Waals surface area contributed by atoms with Crippen LogP contribution >= 0.6 is 0 Å². The van der Waals surface area contributed by atoms with Crippen LogP contribution in [0.15, 0.2) is 0 Å². The molecule has 0 aliphatic carbocycles. The number of carbonyl (C=O) groups is 3. The van der Waals surface area contributed by atoms with Crippen LogP contribution < -0.4 is 5.32 Å². The number of nitrogens with one attached hydrogen (secondary N) is 1. The quantitative estimate of drug-likeness (QED) is 0.482. The van der Waals surface area contributed by atoms with Crippen molar-refractivity contribution in [3.05, 3.63) is 0 Å². The van der Waals surface area contributed by atoms with Crippen LogP contribution in [0.1, 0.15) is 46.0 Å². The third kappa shape index (κ3) is 10.3. The summed E-state index contributed by atoms with van der Waals surface area (Å²) in [4.78, 5) is 35.1. The van der Waals surface area contributed by atoms with Crippen molar-refractivity contribution in [2.75, 3.05) is 26.7 Å². The molecule has 0 aliphatic rings. The van der Waals surface area contributed by atoms with Gasteiger partial charge in [-0.2, -0.15) is 0 Å². The first-order valence-corrected chi connectivity index (χ1v) is 7.11. The second-order valence-electron chi connectivity index (χ2n) is 4.66. The van der Waals surface area contributed by atoms with Gasteiger partial charge in [-0.05, 0) is 19.8 Å². The summed E-state index contributed by atoms with van der Waals surface area (Å²) in [6.07, 6.45) is 3.28. The van der Waals surface area contributed by atoms with Gasteiger partial charge in [-0.1, -0.05) is 6.42 Å². The molecule has 1 N–H and O–H groups in total. The molecule has 0 aromatic heterocycles. The molecule has 6 heteroatoms. The summed E-state index contributed by atoms with van der Waals surface area (Å²) < 4.78 is 4.81. The number of amides is 2. The van der Waals surface area contributed by atoms with Gasteiger partial charge in [0.1, 0.15) is 0 Å². The van der Waals surface area contributed by atoms with Gasteiger partial charge in [0.2, 0.25) is 11.8 Å². The minimum atomic E-state index is -0.276. The first-order chi connectivity index (χ1) is 9.47. The normalized spacial score (nSPS) is 9.95. The highest BCUT2D eigenvalue weighted by Gasteiger charge is 2.10. The molecule has 20 heavy (non-hydrogen) atoms. The lowest BCUT2D eigenvalue weighted by Crippen LogP contribution is -2.29. The maximum Gasteiger partial charge on any atom is 0.307 e. The summed E-state index contributed by atoms with van der Waals surface area (Å²) in [5, 5.41) is 2.72. The number of unbranched alkanes of at least 4 members (excludes halogenated alkanes) is 2. The minimum Gasteiger partial charge on any atom is -0.466 e. The molecule has 116 valence electrons. The average Bonchev–Trinajstić information content (AvgIpc) is 2.39. The van der Waals surface area contributed by atoms with Crippen LogP contribution in [0.4, 0.5) is 0 Å². The summed E-state index contributed by atoms with van der Waals surface area (Å²) >= 11 is 0. The topological polar surface area (TPSA) is 75.7 Å². The minimum absolute atomic E-state index is 0.0280. The summed E-state index contributed by atoms with van der Waals surface area (Å²) in [7, 11) is 1.69. The van der Waals surface area contributed by atoms with Gasteiger partial charge in [0, 0.05) is 33.5 Å². The number of rotatable bonds is 10. The number of carbonyl (C=O) groups excluding carboxylic acids is 3. The van der Waals surface area contributed by atoms with Gasteiger partial charge >= 0.3 is 5.97 Å². The van der Waals surface area contributed by atoms with Crippen LogP contribution in [0.25, 0.3) is 0 Å². The van der Waals surface area contributed by atoms with Gasteiger partial charge in [0.15, 0.2) is 0 Å². The monoisotopic (exact) mass is 286 g/mol. The second-order valence-corrected chi connectivity index (χ2v) is 4.66. The predicted octanol–water partition coefficient (Wildman–Crippen LogP) is 1.09. The molecule has 0 spiro atoms. The maximum absolute atomic E-state index is 11.8. The van der Waals surface area contributed by atoms with E-state index in [1.165, 1.54) is 6.92 Å². The molecule has 0 radical (unpaired) electrons. The van der Waals surface area contributed by atoms with Crippen LogP contribution in [0.3, 0.4) is 0 Å². The lowest BCUT2D eigenvalue weighted by Gasteiger charge is -2.16. The fourth-order valence-electron chi connectivity index (χ4n) is 1.65. The van der Waals surface area contributed by atoms with Crippen molar-refractivity contribution >= 4 is 17.8 Å². The highest BCUT2D eigenvalue weighted by molar-refractivity contribution is 5.77. The van der Waals surface area contributed by atoms with Gasteiger partial charge in [-0.15, -0.1) is 0 Å². The molecule has 0 heterocycles. The third-order valence-electron chi connectivity index (χ3n) is 2.82.